The highest BCUT2D eigenvalue weighted by molar-refractivity contribution is 7.92. The first-order valence-corrected chi connectivity index (χ1v) is 12.2. The molecule has 0 bridgehead atoms. The number of rotatable bonds is 8. The summed E-state index contributed by atoms with van der Waals surface area (Å²) < 4.78 is 27.5. The minimum atomic E-state index is -3.94. The first-order chi connectivity index (χ1) is 15.2. The number of hydrogen-bond donors (Lipinski definition) is 1. The summed E-state index contributed by atoms with van der Waals surface area (Å²) in [4.78, 5) is 30.6. The van der Waals surface area contributed by atoms with Crippen molar-refractivity contribution in [1.29, 1.82) is 0 Å². The van der Waals surface area contributed by atoms with Gasteiger partial charge in [0.25, 0.3) is 15.9 Å². The van der Waals surface area contributed by atoms with Crippen molar-refractivity contribution in [3.8, 4) is 0 Å². The van der Waals surface area contributed by atoms with Crippen LogP contribution in [0, 0.1) is 0 Å². The zero-order valence-electron chi connectivity index (χ0n) is 18.3. The number of unbranched alkanes of at least 4 members (excludes halogenated alkanes) is 1. The Morgan fingerprint density at radius 3 is 2.41 bits per heavy atom. The summed E-state index contributed by atoms with van der Waals surface area (Å²) in [6, 6.07) is 10.7. The van der Waals surface area contributed by atoms with Crippen molar-refractivity contribution in [1.82, 2.24) is 9.88 Å². The van der Waals surface area contributed by atoms with E-state index < -0.39 is 15.5 Å². The molecule has 0 spiro atoms. The van der Waals surface area contributed by atoms with Gasteiger partial charge in [0.1, 0.15) is 5.56 Å². The van der Waals surface area contributed by atoms with Crippen LogP contribution in [0.15, 0.2) is 58.4 Å². The third kappa shape index (κ3) is 4.66. The van der Waals surface area contributed by atoms with E-state index in [1.54, 1.807) is 29.2 Å². The molecule has 1 aromatic heterocycles. The number of amides is 1. The van der Waals surface area contributed by atoms with Crippen LogP contribution in [-0.4, -0.2) is 44.3 Å². The van der Waals surface area contributed by atoms with Crippen LogP contribution in [0.2, 0.25) is 5.02 Å². The first kappa shape index (κ1) is 23.8. The standard InChI is InChI=1S/C23H26ClN3O4S/c1-4-6-13-27(5-2)23(29)20-15-25-21-12-11-18(14-19(21)22(20)28)32(30,31)26(3)17-9-7-16(24)8-10-17/h7-12,14-15H,4-6,13H2,1-3H3,(H,25,28). The second kappa shape index (κ2) is 9.75. The van der Waals surface area contributed by atoms with Gasteiger partial charge >= 0.3 is 0 Å². The number of anilines is 1. The Morgan fingerprint density at radius 1 is 1.09 bits per heavy atom. The molecule has 0 unspecified atom stereocenters. The number of carbonyl (C=O) groups excluding carboxylic acids is 1. The van der Waals surface area contributed by atoms with Crippen molar-refractivity contribution < 1.29 is 13.2 Å². The molecule has 3 aromatic rings. The molecule has 9 heteroatoms. The molecule has 170 valence electrons. The van der Waals surface area contributed by atoms with Gasteiger partial charge in [-0.25, -0.2) is 8.42 Å². The van der Waals surface area contributed by atoms with E-state index in [4.69, 9.17) is 11.6 Å². The average molecular weight is 476 g/mol. The molecule has 0 radical (unpaired) electrons. The number of H-pyrrole nitrogens is 1. The summed E-state index contributed by atoms with van der Waals surface area (Å²) in [6.07, 6.45) is 3.17. The molecule has 1 amide bonds. The number of sulfonamides is 1. The van der Waals surface area contributed by atoms with Crippen molar-refractivity contribution in [3.63, 3.8) is 0 Å². The lowest BCUT2D eigenvalue weighted by Gasteiger charge is -2.21. The lowest BCUT2D eigenvalue weighted by Crippen LogP contribution is -2.35. The van der Waals surface area contributed by atoms with E-state index in [1.165, 1.54) is 31.4 Å². The molecular formula is C23H26ClN3O4S. The van der Waals surface area contributed by atoms with Gasteiger partial charge in [-0.1, -0.05) is 24.9 Å². The number of halogens is 1. The summed E-state index contributed by atoms with van der Waals surface area (Å²) in [5, 5.41) is 0.641. The van der Waals surface area contributed by atoms with E-state index in [0.717, 1.165) is 17.1 Å². The minimum Gasteiger partial charge on any atom is -0.360 e. The molecule has 0 atom stereocenters. The number of nitrogens with zero attached hydrogens (tertiary/aromatic N) is 2. The third-order valence-electron chi connectivity index (χ3n) is 5.38. The van der Waals surface area contributed by atoms with E-state index in [0.29, 0.717) is 29.3 Å². The van der Waals surface area contributed by atoms with Crippen molar-refractivity contribution in [2.24, 2.45) is 0 Å². The number of aromatic amines is 1. The first-order valence-electron chi connectivity index (χ1n) is 10.4. The van der Waals surface area contributed by atoms with E-state index in [2.05, 4.69) is 4.98 Å². The quantitative estimate of drug-likeness (QED) is 0.526. The monoisotopic (exact) mass is 475 g/mol. The van der Waals surface area contributed by atoms with Crippen LogP contribution >= 0.6 is 11.6 Å². The molecule has 7 nitrogen and oxygen atoms in total. The SMILES string of the molecule is CCCCN(CC)C(=O)c1c[nH]c2ccc(S(=O)(=O)N(C)c3ccc(Cl)cc3)cc2c1=O. The van der Waals surface area contributed by atoms with Crippen LogP contribution in [0.1, 0.15) is 37.0 Å². The van der Waals surface area contributed by atoms with Crippen molar-refractivity contribution in [2.45, 2.75) is 31.6 Å². The number of aromatic nitrogens is 1. The minimum absolute atomic E-state index is 0.00365. The van der Waals surface area contributed by atoms with Gasteiger partial charge in [0, 0.05) is 42.3 Å². The second-order valence-electron chi connectivity index (χ2n) is 7.43. The highest BCUT2D eigenvalue weighted by Crippen LogP contribution is 2.25. The molecule has 32 heavy (non-hydrogen) atoms. The number of benzene rings is 2. The molecule has 0 saturated carbocycles. The Kier molecular flexibility index (Phi) is 7.26. The number of hydrogen-bond acceptors (Lipinski definition) is 4. The molecule has 0 fully saturated rings. The van der Waals surface area contributed by atoms with Gasteiger partial charge in [-0.15, -0.1) is 0 Å². The summed E-state index contributed by atoms with van der Waals surface area (Å²) in [7, 11) is -2.51. The molecule has 0 aliphatic rings. The Morgan fingerprint density at radius 2 is 1.78 bits per heavy atom. The fourth-order valence-corrected chi connectivity index (χ4v) is 4.74. The summed E-state index contributed by atoms with van der Waals surface area (Å²) in [5.41, 5.74) is 0.388. The number of carbonyl (C=O) groups is 1. The van der Waals surface area contributed by atoms with Gasteiger partial charge in [-0.2, -0.15) is 0 Å². The van der Waals surface area contributed by atoms with Crippen LogP contribution in [0.3, 0.4) is 0 Å². The lowest BCUT2D eigenvalue weighted by molar-refractivity contribution is 0.0761. The summed E-state index contributed by atoms with van der Waals surface area (Å²) >= 11 is 5.89. The van der Waals surface area contributed by atoms with Crippen LogP contribution in [0.5, 0.6) is 0 Å². The molecule has 1 heterocycles. The van der Waals surface area contributed by atoms with Gasteiger partial charge < -0.3 is 9.88 Å². The second-order valence-corrected chi connectivity index (χ2v) is 9.83. The topological polar surface area (TPSA) is 90.6 Å². The predicted molar refractivity (Wildman–Crippen MR) is 128 cm³/mol. The summed E-state index contributed by atoms with van der Waals surface area (Å²) in [6.45, 7) is 4.93. The maximum absolute atomic E-state index is 13.2. The van der Waals surface area contributed by atoms with Crippen LogP contribution < -0.4 is 9.73 Å². The van der Waals surface area contributed by atoms with Gasteiger partial charge in [-0.05, 0) is 55.8 Å². The fraction of sp³-hybridized carbons (Fsp3) is 0.304. The highest BCUT2D eigenvalue weighted by atomic mass is 35.5. The van der Waals surface area contributed by atoms with E-state index in [1.807, 2.05) is 13.8 Å². The normalized spacial score (nSPS) is 11.5. The molecule has 1 N–H and O–H groups in total. The average Bonchev–Trinajstić information content (AvgIpc) is 2.79. The van der Waals surface area contributed by atoms with Crippen molar-refractivity contribution in [2.75, 3.05) is 24.4 Å². The Bertz CT molecular complexity index is 1290. The van der Waals surface area contributed by atoms with E-state index in [9.17, 15) is 18.0 Å². The van der Waals surface area contributed by atoms with Crippen molar-refractivity contribution >= 4 is 44.1 Å². The highest BCUT2D eigenvalue weighted by Gasteiger charge is 2.24. The van der Waals surface area contributed by atoms with Crippen LogP contribution in [0.4, 0.5) is 5.69 Å². The largest absolute Gasteiger partial charge is 0.360 e. The number of nitrogens with one attached hydrogen (secondary N) is 1. The maximum atomic E-state index is 13.2. The zero-order valence-corrected chi connectivity index (χ0v) is 19.8. The number of fused-ring (bicyclic) bond motifs is 1. The molecule has 0 aliphatic carbocycles. The van der Waals surface area contributed by atoms with Crippen molar-refractivity contribution in [3.05, 3.63) is 69.5 Å². The van der Waals surface area contributed by atoms with Gasteiger partial charge in [0.2, 0.25) is 5.43 Å². The van der Waals surface area contributed by atoms with Crippen LogP contribution in [0.25, 0.3) is 10.9 Å². The molecule has 2 aromatic carbocycles. The number of pyridine rings is 1. The Hall–Kier alpha value is -2.84. The molecule has 0 saturated heterocycles. The van der Waals surface area contributed by atoms with E-state index in [-0.39, 0.29) is 21.8 Å². The van der Waals surface area contributed by atoms with Gasteiger partial charge in [0.05, 0.1) is 10.6 Å². The molecular weight excluding hydrogens is 450 g/mol. The fourth-order valence-electron chi connectivity index (χ4n) is 3.39. The smallest absolute Gasteiger partial charge is 0.264 e. The molecule has 0 aliphatic heterocycles. The maximum Gasteiger partial charge on any atom is 0.264 e. The molecule has 3 rings (SSSR count). The van der Waals surface area contributed by atoms with Gasteiger partial charge in [0.15, 0.2) is 0 Å². The van der Waals surface area contributed by atoms with Crippen LogP contribution in [-0.2, 0) is 10.0 Å². The third-order valence-corrected chi connectivity index (χ3v) is 7.42. The lowest BCUT2D eigenvalue weighted by atomic mass is 10.1. The summed E-state index contributed by atoms with van der Waals surface area (Å²) in [5.74, 6) is -0.365. The van der Waals surface area contributed by atoms with Gasteiger partial charge in [-0.3, -0.25) is 13.9 Å². The predicted octanol–water partition coefficient (Wildman–Crippen LogP) is 4.27. The Labute approximate surface area is 192 Å². The Balaban J connectivity index is 2.04. The van der Waals surface area contributed by atoms with E-state index >= 15 is 0 Å². The zero-order chi connectivity index (χ0) is 23.5.